The average Bonchev–Trinajstić information content (AvgIpc) is 3.66. The van der Waals surface area contributed by atoms with E-state index in [0.29, 0.717) is 6.42 Å². The van der Waals surface area contributed by atoms with Crippen LogP contribution in [0.25, 0.3) is 50.9 Å². The van der Waals surface area contributed by atoms with Crippen LogP contribution in [0, 0.1) is 29.6 Å². The van der Waals surface area contributed by atoms with Crippen LogP contribution in [0.15, 0.2) is 144 Å². The van der Waals surface area contributed by atoms with E-state index in [1.54, 1.807) is 5.56 Å². The molecule has 5 aliphatic rings. The monoisotopic (exact) mass is 817 g/mol. The number of aryl methyl sites for hydroxylation is 1. The highest BCUT2D eigenvalue weighted by molar-refractivity contribution is 5.94. The minimum Gasteiger partial charge on any atom is -0.460 e. The lowest BCUT2D eigenvalue weighted by Gasteiger charge is -2.51. The van der Waals surface area contributed by atoms with Gasteiger partial charge in [-0.3, -0.25) is 0 Å². The van der Waals surface area contributed by atoms with Crippen LogP contribution < -0.4 is 15.3 Å². The minimum absolute atomic E-state index is 0.101. The smallest absolute Gasteiger partial charge is 0.134 e. The summed E-state index contributed by atoms with van der Waals surface area (Å²) in [5.74, 6) is 10.4. The van der Waals surface area contributed by atoms with E-state index < -0.39 is 0 Å². The second kappa shape index (κ2) is 14.6. The topological polar surface area (TPSA) is 16.4 Å². The Labute approximate surface area is 372 Å². The third-order valence-electron chi connectivity index (χ3n) is 15.6. The zero-order valence-corrected chi connectivity index (χ0v) is 37.1. The molecule has 12 rings (SSSR count). The molecule has 2 saturated carbocycles. The highest BCUT2D eigenvalue weighted by Gasteiger charge is 2.48. The summed E-state index contributed by atoms with van der Waals surface area (Å²) in [4.78, 5) is 2.60. The van der Waals surface area contributed by atoms with Gasteiger partial charge in [-0.25, -0.2) is 0 Å². The molecule has 2 bridgehead atoms. The Morgan fingerprint density at radius 2 is 1.41 bits per heavy atom. The molecule has 310 valence electrons. The summed E-state index contributed by atoms with van der Waals surface area (Å²) < 4.78 is 6.51. The number of furan rings is 1. The van der Waals surface area contributed by atoms with Gasteiger partial charge in [0.2, 0.25) is 0 Å². The van der Waals surface area contributed by atoms with E-state index in [-0.39, 0.29) is 10.8 Å². The maximum absolute atomic E-state index is 6.51. The van der Waals surface area contributed by atoms with Gasteiger partial charge >= 0.3 is 0 Å². The van der Waals surface area contributed by atoms with Gasteiger partial charge in [-0.1, -0.05) is 149 Å². The minimum atomic E-state index is -0.101. The molecule has 0 N–H and O–H groups in total. The Morgan fingerprint density at radius 3 is 2.27 bits per heavy atom. The van der Waals surface area contributed by atoms with Crippen LogP contribution >= 0.6 is 0 Å². The summed E-state index contributed by atoms with van der Waals surface area (Å²) in [6, 6.07) is 50.0. The molecule has 1 aromatic heterocycles. The van der Waals surface area contributed by atoms with Crippen LogP contribution in [-0.4, -0.2) is 0 Å². The second-order valence-electron chi connectivity index (χ2n) is 20.2. The van der Waals surface area contributed by atoms with Gasteiger partial charge < -0.3 is 9.32 Å². The van der Waals surface area contributed by atoms with E-state index in [1.807, 2.05) is 0 Å². The van der Waals surface area contributed by atoms with Crippen molar-refractivity contribution in [3.05, 3.63) is 183 Å². The summed E-state index contributed by atoms with van der Waals surface area (Å²) in [7, 11) is 0. The molecular weight excluding hydrogens is 763 g/mol. The van der Waals surface area contributed by atoms with Crippen LogP contribution in [0.2, 0.25) is 0 Å². The standard InChI is InChI=1S/C61H55NO/c1-39-32-41-33-40(2)37-61(36-39,38-41)54-25-15-24-53-59(54)51-35-44(28-30-52(51)60(53,3)4)62(45-29-31-57-50(34-45)48-21-11-13-27-56(48)63-57)55-26-12-10-20-47(55)49-22-9-8-18-43-19-14-23-46(58(43)49)42-16-6-5-7-17-42/h5-7,10-21,23-28,30,34-35,39-41H,22,29,31-33,36-38H2,1-4H3. The third-order valence-corrected chi connectivity index (χ3v) is 15.6. The number of allylic oxidation sites excluding steroid dienone is 1. The van der Waals surface area contributed by atoms with Gasteiger partial charge in [0.05, 0.1) is 5.69 Å². The Balaban J connectivity index is 1.11. The Hall–Kier alpha value is -6.30. The summed E-state index contributed by atoms with van der Waals surface area (Å²) in [6.45, 7) is 9.96. The van der Waals surface area contributed by atoms with Gasteiger partial charge in [-0.2, -0.15) is 0 Å². The zero-order chi connectivity index (χ0) is 42.5. The zero-order valence-electron chi connectivity index (χ0n) is 37.1. The molecule has 2 fully saturated rings. The first-order valence-electron chi connectivity index (χ1n) is 23.5. The predicted molar refractivity (Wildman–Crippen MR) is 262 cm³/mol. The number of fused-ring (bicyclic) bond motifs is 9. The Morgan fingerprint density at radius 1 is 0.667 bits per heavy atom. The first-order chi connectivity index (χ1) is 30.8. The number of anilines is 2. The van der Waals surface area contributed by atoms with Crippen LogP contribution in [0.4, 0.5) is 11.4 Å². The highest BCUT2D eigenvalue weighted by Crippen LogP contribution is 2.60. The van der Waals surface area contributed by atoms with Crippen molar-refractivity contribution in [2.24, 2.45) is 17.8 Å². The molecule has 5 aliphatic carbocycles. The lowest BCUT2D eigenvalue weighted by atomic mass is 9.53. The van der Waals surface area contributed by atoms with Crippen molar-refractivity contribution in [3.63, 3.8) is 0 Å². The molecule has 0 spiro atoms. The molecule has 63 heavy (non-hydrogen) atoms. The molecule has 2 unspecified atom stereocenters. The summed E-state index contributed by atoms with van der Waals surface area (Å²) in [5, 5.41) is 3.60. The average molecular weight is 818 g/mol. The van der Waals surface area contributed by atoms with E-state index in [9.17, 15) is 0 Å². The molecule has 6 aromatic carbocycles. The predicted octanol–water partition coefficient (Wildman–Crippen LogP) is 14.0. The first kappa shape index (κ1) is 38.4. The van der Waals surface area contributed by atoms with Crippen LogP contribution in [0.3, 0.4) is 0 Å². The van der Waals surface area contributed by atoms with Crippen LogP contribution in [0.1, 0.15) is 106 Å². The van der Waals surface area contributed by atoms with E-state index in [1.165, 1.54) is 115 Å². The summed E-state index contributed by atoms with van der Waals surface area (Å²) in [6.07, 6.45) is 13.6. The molecule has 0 aliphatic heterocycles. The molecule has 2 atom stereocenters. The quantitative estimate of drug-likeness (QED) is 0.155. The lowest BCUT2D eigenvalue weighted by molar-refractivity contribution is 0.0783. The number of hydrogen-bond acceptors (Lipinski definition) is 2. The first-order valence-corrected chi connectivity index (χ1v) is 23.5. The van der Waals surface area contributed by atoms with E-state index in [4.69, 9.17) is 4.42 Å². The summed E-state index contributed by atoms with van der Waals surface area (Å²) in [5.41, 5.74) is 18.3. The van der Waals surface area contributed by atoms with Crippen molar-refractivity contribution < 1.29 is 4.42 Å². The molecule has 7 aromatic rings. The van der Waals surface area contributed by atoms with E-state index in [0.717, 1.165) is 41.9 Å². The maximum Gasteiger partial charge on any atom is 0.134 e. The second-order valence-corrected chi connectivity index (χ2v) is 20.2. The number of benzene rings is 6. The number of hydrogen-bond donors (Lipinski definition) is 0. The molecule has 0 saturated heterocycles. The van der Waals surface area contributed by atoms with Crippen molar-refractivity contribution in [1.82, 2.24) is 0 Å². The van der Waals surface area contributed by atoms with Gasteiger partial charge in [-0.05, 0) is 153 Å². The SMILES string of the molecule is CC1CC2CC(C)CC(c3cccc4c3-c3cc(N(C5=Cc6c(oc7ccccc67)CC5)c5ccccc5C5=c6c(-c7ccccc7)cccc6=CC#CC5)ccc3C4(C)C)(C1)C2. The van der Waals surface area contributed by atoms with Crippen LogP contribution in [0.5, 0.6) is 0 Å². The number of nitrogens with zero attached hydrogens (tertiary/aromatic N) is 1. The van der Waals surface area contributed by atoms with Crippen molar-refractivity contribution in [2.45, 2.75) is 89.9 Å². The van der Waals surface area contributed by atoms with Gasteiger partial charge in [0.25, 0.3) is 0 Å². The number of para-hydroxylation sites is 2. The molecule has 0 amide bonds. The van der Waals surface area contributed by atoms with Gasteiger partial charge in [0.15, 0.2) is 0 Å². The fourth-order valence-corrected chi connectivity index (χ4v) is 13.4. The summed E-state index contributed by atoms with van der Waals surface area (Å²) >= 11 is 0. The molecule has 1 heterocycles. The van der Waals surface area contributed by atoms with Crippen molar-refractivity contribution in [1.29, 1.82) is 0 Å². The normalized spacial score (nSPS) is 22.6. The largest absolute Gasteiger partial charge is 0.460 e. The molecular formula is C61H55NO. The van der Waals surface area contributed by atoms with Gasteiger partial charge in [0, 0.05) is 46.2 Å². The molecule has 2 nitrogen and oxygen atoms in total. The fourth-order valence-electron chi connectivity index (χ4n) is 13.4. The highest BCUT2D eigenvalue weighted by atomic mass is 16.3. The van der Waals surface area contributed by atoms with Crippen molar-refractivity contribution in [2.75, 3.05) is 4.90 Å². The van der Waals surface area contributed by atoms with Crippen LogP contribution in [-0.2, 0) is 17.3 Å². The van der Waals surface area contributed by atoms with Crippen molar-refractivity contribution in [3.8, 4) is 34.1 Å². The van der Waals surface area contributed by atoms with Crippen molar-refractivity contribution >= 4 is 40.1 Å². The maximum atomic E-state index is 6.51. The van der Waals surface area contributed by atoms with Gasteiger partial charge in [0.1, 0.15) is 11.3 Å². The van der Waals surface area contributed by atoms with Gasteiger partial charge in [-0.15, -0.1) is 0 Å². The fraction of sp³-hybridized carbons (Fsp3) is 0.279. The molecule has 2 heteroatoms. The van der Waals surface area contributed by atoms with E-state index >= 15 is 0 Å². The Kier molecular flexibility index (Phi) is 8.92. The lowest BCUT2D eigenvalue weighted by Crippen LogP contribution is -2.42. The number of rotatable bonds is 6. The molecule has 0 radical (unpaired) electrons. The van der Waals surface area contributed by atoms with E-state index in [2.05, 4.69) is 190 Å². The third kappa shape index (κ3) is 6.14. The Bertz CT molecular complexity index is 3200.